The number of nitrogens with zero attached hydrogens (tertiary/aromatic N) is 3. The average Bonchev–Trinajstić information content (AvgIpc) is 2.93. The van der Waals surface area contributed by atoms with Crippen molar-refractivity contribution in [2.45, 2.75) is 6.92 Å². The van der Waals surface area contributed by atoms with Gasteiger partial charge in [0.1, 0.15) is 0 Å². The first-order valence-corrected chi connectivity index (χ1v) is 7.14. The predicted octanol–water partition coefficient (Wildman–Crippen LogP) is 3.16. The van der Waals surface area contributed by atoms with E-state index < -0.39 is 0 Å². The molecule has 1 N–H and O–H groups in total. The fraction of sp³-hybridized carbons (Fsp3) is 0.0667. The first kappa shape index (κ1) is 13.4. The van der Waals surface area contributed by atoms with E-state index >= 15 is 0 Å². The molecular formula is C15H12N4OS. The number of carbonyl (C=O) groups is 1. The van der Waals surface area contributed by atoms with E-state index in [4.69, 9.17) is 0 Å². The monoisotopic (exact) mass is 296 g/mol. The van der Waals surface area contributed by atoms with E-state index in [1.807, 2.05) is 19.1 Å². The SMILES string of the molecule is Cc1cnc(NC(=O)c2ccnc(-c3cccnc3)c2)s1. The van der Waals surface area contributed by atoms with E-state index in [0.717, 1.165) is 10.4 Å². The van der Waals surface area contributed by atoms with Gasteiger partial charge < -0.3 is 0 Å². The molecule has 0 atom stereocenters. The van der Waals surface area contributed by atoms with Gasteiger partial charge >= 0.3 is 0 Å². The van der Waals surface area contributed by atoms with E-state index in [9.17, 15) is 4.79 Å². The summed E-state index contributed by atoms with van der Waals surface area (Å²) in [6, 6.07) is 7.16. The molecule has 3 heterocycles. The van der Waals surface area contributed by atoms with Gasteiger partial charge in [-0.3, -0.25) is 20.1 Å². The highest BCUT2D eigenvalue weighted by Gasteiger charge is 2.10. The maximum absolute atomic E-state index is 12.2. The lowest BCUT2D eigenvalue weighted by Crippen LogP contribution is -2.11. The Labute approximate surface area is 125 Å². The molecule has 3 aromatic heterocycles. The minimum absolute atomic E-state index is 0.197. The summed E-state index contributed by atoms with van der Waals surface area (Å²) in [5.41, 5.74) is 2.13. The molecule has 6 heteroatoms. The van der Waals surface area contributed by atoms with E-state index in [-0.39, 0.29) is 5.91 Å². The molecule has 0 saturated heterocycles. The molecule has 0 spiro atoms. The smallest absolute Gasteiger partial charge is 0.257 e. The summed E-state index contributed by atoms with van der Waals surface area (Å²) in [5, 5.41) is 3.38. The third-order valence-corrected chi connectivity index (χ3v) is 3.65. The number of carbonyl (C=O) groups excluding carboxylic acids is 1. The molecule has 0 bridgehead atoms. The first-order chi connectivity index (χ1) is 10.2. The first-order valence-electron chi connectivity index (χ1n) is 6.32. The minimum Gasteiger partial charge on any atom is -0.298 e. The highest BCUT2D eigenvalue weighted by molar-refractivity contribution is 7.15. The highest BCUT2D eigenvalue weighted by Crippen LogP contribution is 2.19. The van der Waals surface area contributed by atoms with Crippen molar-refractivity contribution in [2.24, 2.45) is 0 Å². The van der Waals surface area contributed by atoms with Gasteiger partial charge in [-0.1, -0.05) is 0 Å². The van der Waals surface area contributed by atoms with Crippen LogP contribution in [0.2, 0.25) is 0 Å². The van der Waals surface area contributed by atoms with Gasteiger partial charge in [0.25, 0.3) is 5.91 Å². The van der Waals surface area contributed by atoms with E-state index in [1.54, 1.807) is 36.9 Å². The maximum atomic E-state index is 12.2. The van der Waals surface area contributed by atoms with Crippen molar-refractivity contribution in [3.05, 3.63) is 59.5 Å². The zero-order chi connectivity index (χ0) is 14.7. The summed E-state index contributed by atoms with van der Waals surface area (Å²) in [5.74, 6) is -0.197. The van der Waals surface area contributed by atoms with Gasteiger partial charge in [-0.2, -0.15) is 0 Å². The lowest BCUT2D eigenvalue weighted by molar-refractivity contribution is 0.102. The standard InChI is InChI=1S/C15H12N4OS/c1-10-8-18-15(21-10)19-14(20)11-4-6-17-13(7-11)12-3-2-5-16-9-12/h2-9H,1H3,(H,18,19,20). The minimum atomic E-state index is -0.197. The molecule has 3 aromatic rings. The van der Waals surface area contributed by atoms with Crippen LogP contribution in [-0.4, -0.2) is 20.9 Å². The Morgan fingerprint density at radius 3 is 2.81 bits per heavy atom. The molecule has 0 fully saturated rings. The van der Waals surface area contributed by atoms with E-state index in [2.05, 4.69) is 20.3 Å². The quantitative estimate of drug-likeness (QED) is 0.806. The molecule has 3 rings (SSSR count). The average molecular weight is 296 g/mol. The third kappa shape index (κ3) is 3.11. The van der Waals surface area contributed by atoms with Crippen LogP contribution in [0.4, 0.5) is 5.13 Å². The second-order valence-electron chi connectivity index (χ2n) is 4.40. The van der Waals surface area contributed by atoms with Crippen molar-refractivity contribution in [3.8, 4) is 11.3 Å². The molecule has 1 amide bonds. The van der Waals surface area contributed by atoms with Crippen molar-refractivity contribution >= 4 is 22.4 Å². The summed E-state index contributed by atoms with van der Waals surface area (Å²) in [6.45, 7) is 1.94. The summed E-state index contributed by atoms with van der Waals surface area (Å²) in [4.78, 5) is 25.7. The van der Waals surface area contributed by atoms with Gasteiger partial charge in [-0.05, 0) is 31.2 Å². The molecule has 0 saturated carbocycles. The molecule has 5 nitrogen and oxygen atoms in total. The van der Waals surface area contributed by atoms with Gasteiger partial charge in [-0.15, -0.1) is 11.3 Å². The number of amides is 1. The molecule has 0 aliphatic rings. The number of rotatable bonds is 3. The summed E-state index contributed by atoms with van der Waals surface area (Å²) >= 11 is 1.44. The van der Waals surface area contributed by atoms with Crippen molar-refractivity contribution < 1.29 is 4.79 Å². The molecule has 21 heavy (non-hydrogen) atoms. The van der Waals surface area contributed by atoms with E-state index in [1.165, 1.54) is 11.3 Å². The Balaban J connectivity index is 1.84. The maximum Gasteiger partial charge on any atom is 0.257 e. The molecule has 104 valence electrons. The number of anilines is 1. The Morgan fingerprint density at radius 2 is 2.10 bits per heavy atom. The van der Waals surface area contributed by atoms with Crippen molar-refractivity contribution in [1.29, 1.82) is 0 Å². The van der Waals surface area contributed by atoms with Crippen LogP contribution in [0.3, 0.4) is 0 Å². The van der Waals surface area contributed by atoms with Gasteiger partial charge in [0, 0.05) is 40.8 Å². The van der Waals surface area contributed by atoms with Gasteiger partial charge in [0.05, 0.1) is 5.69 Å². The van der Waals surface area contributed by atoms with Crippen LogP contribution >= 0.6 is 11.3 Å². The number of pyridine rings is 2. The highest BCUT2D eigenvalue weighted by atomic mass is 32.1. The Bertz CT molecular complexity index is 770. The summed E-state index contributed by atoms with van der Waals surface area (Å²) < 4.78 is 0. The van der Waals surface area contributed by atoms with E-state index in [0.29, 0.717) is 16.4 Å². The Hall–Kier alpha value is -2.60. The van der Waals surface area contributed by atoms with Crippen LogP contribution in [0.25, 0.3) is 11.3 Å². The van der Waals surface area contributed by atoms with Crippen LogP contribution in [-0.2, 0) is 0 Å². The third-order valence-electron chi connectivity index (χ3n) is 2.82. The second-order valence-corrected chi connectivity index (χ2v) is 5.64. The van der Waals surface area contributed by atoms with Gasteiger partial charge in [0.2, 0.25) is 0 Å². The number of thiazole rings is 1. The largest absolute Gasteiger partial charge is 0.298 e. The number of nitrogens with one attached hydrogen (secondary N) is 1. The normalized spacial score (nSPS) is 10.3. The zero-order valence-electron chi connectivity index (χ0n) is 11.3. The number of aromatic nitrogens is 3. The molecule has 0 aliphatic carbocycles. The predicted molar refractivity (Wildman–Crippen MR) is 82.3 cm³/mol. The van der Waals surface area contributed by atoms with Crippen molar-refractivity contribution in [1.82, 2.24) is 15.0 Å². The summed E-state index contributed by atoms with van der Waals surface area (Å²) in [7, 11) is 0. The zero-order valence-corrected chi connectivity index (χ0v) is 12.1. The number of aryl methyl sites for hydroxylation is 1. The number of hydrogen-bond acceptors (Lipinski definition) is 5. The van der Waals surface area contributed by atoms with Crippen LogP contribution in [0.5, 0.6) is 0 Å². The summed E-state index contributed by atoms with van der Waals surface area (Å²) in [6.07, 6.45) is 6.76. The van der Waals surface area contributed by atoms with Crippen LogP contribution < -0.4 is 5.32 Å². The molecule has 0 aromatic carbocycles. The Morgan fingerprint density at radius 1 is 1.19 bits per heavy atom. The van der Waals surface area contributed by atoms with Crippen LogP contribution in [0, 0.1) is 6.92 Å². The van der Waals surface area contributed by atoms with Crippen molar-refractivity contribution in [3.63, 3.8) is 0 Å². The Kier molecular flexibility index (Phi) is 3.70. The topological polar surface area (TPSA) is 67.8 Å². The number of hydrogen-bond donors (Lipinski definition) is 1. The van der Waals surface area contributed by atoms with Gasteiger partial charge in [0.15, 0.2) is 5.13 Å². The lowest BCUT2D eigenvalue weighted by Gasteiger charge is -2.04. The fourth-order valence-electron chi connectivity index (χ4n) is 1.83. The molecule has 0 radical (unpaired) electrons. The molecule has 0 aliphatic heterocycles. The molecular weight excluding hydrogens is 284 g/mol. The van der Waals surface area contributed by atoms with Crippen LogP contribution in [0.1, 0.15) is 15.2 Å². The van der Waals surface area contributed by atoms with Crippen LogP contribution in [0.15, 0.2) is 49.1 Å². The van der Waals surface area contributed by atoms with Gasteiger partial charge in [-0.25, -0.2) is 4.98 Å². The fourth-order valence-corrected chi connectivity index (χ4v) is 2.49. The molecule has 0 unspecified atom stereocenters. The second kappa shape index (κ2) is 5.80. The lowest BCUT2D eigenvalue weighted by atomic mass is 10.1. The van der Waals surface area contributed by atoms with Crippen molar-refractivity contribution in [2.75, 3.05) is 5.32 Å².